The summed E-state index contributed by atoms with van der Waals surface area (Å²) in [6.45, 7) is 1.27. The van der Waals surface area contributed by atoms with Gasteiger partial charge >= 0.3 is 0 Å². The van der Waals surface area contributed by atoms with Gasteiger partial charge in [0, 0.05) is 30.5 Å². The molecule has 0 spiro atoms. The average Bonchev–Trinajstić information content (AvgIpc) is 2.71. The van der Waals surface area contributed by atoms with Gasteiger partial charge in [-0.15, -0.1) is 0 Å². The molecule has 2 N–H and O–H groups in total. The van der Waals surface area contributed by atoms with Crippen LogP contribution in [0.25, 0.3) is 0 Å². The van der Waals surface area contributed by atoms with Crippen molar-refractivity contribution >= 4 is 23.2 Å². The van der Waals surface area contributed by atoms with Crippen LogP contribution in [0.1, 0.15) is 27.9 Å². The van der Waals surface area contributed by atoms with Crippen molar-refractivity contribution in [2.45, 2.75) is 19.4 Å². The molecule has 0 aliphatic rings. The molecule has 3 aromatic rings. The van der Waals surface area contributed by atoms with Gasteiger partial charge in [-0.25, -0.2) is 0 Å². The minimum atomic E-state index is -0.106. The number of benzene rings is 2. The highest BCUT2D eigenvalue weighted by molar-refractivity contribution is 6.30. The van der Waals surface area contributed by atoms with Crippen molar-refractivity contribution in [3.63, 3.8) is 0 Å². The van der Waals surface area contributed by atoms with Gasteiger partial charge in [0.25, 0.3) is 5.91 Å². The Hall–Kier alpha value is -2.85. The summed E-state index contributed by atoms with van der Waals surface area (Å²) in [5.74, 6) is -0.106. The molecule has 0 saturated carbocycles. The second-order valence-electron chi connectivity index (χ2n) is 6.29. The third-order valence-electron chi connectivity index (χ3n) is 4.18. The van der Waals surface area contributed by atoms with E-state index in [-0.39, 0.29) is 5.91 Å². The normalized spacial score (nSPS) is 10.4. The van der Waals surface area contributed by atoms with Gasteiger partial charge in [-0.2, -0.15) is 0 Å². The fourth-order valence-electron chi connectivity index (χ4n) is 2.71. The second-order valence-corrected chi connectivity index (χ2v) is 6.72. The van der Waals surface area contributed by atoms with Gasteiger partial charge in [0.15, 0.2) is 0 Å². The molecule has 0 atom stereocenters. The number of pyridine rings is 1. The van der Waals surface area contributed by atoms with Crippen LogP contribution in [-0.2, 0) is 13.0 Å². The average molecular weight is 380 g/mol. The zero-order valence-electron chi connectivity index (χ0n) is 15.0. The molecule has 0 unspecified atom stereocenters. The number of nitrogens with one attached hydrogen (secondary N) is 2. The number of hydrogen-bond acceptors (Lipinski definition) is 3. The highest BCUT2D eigenvalue weighted by atomic mass is 35.5. The van der Waals surface area contributed by atoms with Gasteiger partial charge in [-0.05, 0) is 42.2 Å². The molecular weight excluding hydrogens is 358 g/mol. The summed E-state index contributed by atoms with van der Waals surface area (Å²) < 4.78 is 0. The van der Waals surface area contributed by atoms with Gasteiger partial charge in [-0.1, -0.05) is 54.1 Å². The Morgan fingerprint density at radius 3 is 2.52 bits per heavy atom. The summed E-state index contributed by atoms with van der Waals surface area (Å²) in [4.78, 5) is 16.5. The number of anilines is 1. The highest BCUT2D eigenvalue weighted by Gasteiger charge is 2.06. The molecule has 0 aliphatic heterocycles. The largest absolute Gasteiger partial charge is 0.380 e. The Balaban J connectivity index is 1.47. The highest BCUT2D eigenvalue weighted by Crippen LogP contribution is 2.13. The second kappa shape index (κ2) is 9.74. The van der Waals surface area contributed by atoms with Crippen LogP contribution in [0.4, 0.5) is 5.69 Å². The van der Waals surface area contributed by atoms with Crippen LogP contribution in [0.2, 0.25) is 5.02 Å². The molecule has 27 heavy (non-hydrogen) atoms. The lowest BCUT2D eigenvalue weighted by atomic mass is 10.1. The van der Waals surface area contributed by atoms with Crippen LogP contribution in [0.3, 0.4) is 0 Å². The zero-order valence-corrected chi connectivity index (χ0v) is 15.7. The number of hydrogen-bond donors (Lipinski definition) is 2. The van der Waals surface area contributed by atoms with Crippen LogP contribution >= 0.6 is 11.6 Å². The van der Waals surface area contributed by atoms with Gasteiger partial charge in [-0.3, -0.25) is 9.78 Å². The molecule has 3 rings (SSSR count). The van der Waals surface area contributed by atoms with Crippen molar-refractivity contribution < 1.29 is 4.79 Å². The smallest absolute Gasteiger partial charge is 0.252 e. The predicted molar refractivity (Wildman–Crippen MR) is 110 cm³/mol. The quantitative estimate of drug-likeness (QED) is 0.557. The first-order valence-electron chi connectivity index (χ1n) is 8.96. The zero-order chi connectivity index (χ0) is 18.9. The molecule has 4 nitrogen and oxygen atoms in total. The Bertz CT molecular complexity index is 866. The number of aryl methyl sites for hydroxylation is 1. The predicted octanol–water partition coefficient (Wildman–Crippen LogP) is 4.71. The van der Waals surface area contributed by atoms with Crippen LogP contribution in [0, 0.1) is 0 Å². The Morgan fingerprint density at radius 2 is 1.74 bits per heavy atom. The van der Waals surface area contributed by atoms with Gasteiger partial charge in [0.05, 0.1) is 11.3 Å². The van der Waals surface area contributed by atoms with Crippen LogP contribution in [-0.4, -0.2) is 17.4 Å². The fraction of sp³-hybridized carbons (Fsp3) is 0.182. The van der Waals surface area contributed by atoms with Crippen LogP contribution in [0.5, 0.6) is 0 Å². The lowest BCUT2D eigenvalue weighted by Gasteiger charge is -2.09. The summed E-state index contributed by atoms with van der Waals surface area (Å²) in [6.07, 6.45) is 5.14. The molecule has 0 radical (unpaired) electrons. The molecule has 1 amide bonds. The third kappa shape index (κ3) is 6.12. The minimum Gasteiger partial charge on any atom is -0.380 e. The minimum absolute atomic E-state index is 0.106. The number of rotatable bonds is 8. The molecule has 1 aromatic heterocycles. The van der Waals surface area contributed by atoms with E-state index in [0.29, 0.717) is 23.7 Å². The molecule has 2 aromatic carbocycles. The van der Waals surface area contributed by atoms with E-state index in [4.69, 9.17) is 11.6 Å². The van der Waals surface area contributed by atoms with E-state index in [1.54, 1.807) is 12.4 Å². The molecule has 5 heteroatoms. The van der Waals surface area contributed by atoms with E-state index >= 15 is 0 Å². The first kappa shape index (κ1) is 18.9. The van der Waals surface area contributed by atoms with Gasteiger partial charge in [0.2, 0.25) is 0 Å². The van der Waals surface area contributed by atoms with Crippen LogP contribution < -0.4 is 10.6 Å². The lowest BCUT2D eigenvalue weighted by molar-refractivity contribution is 0.0953. The molecule has 138 valence electrons. The number of halogens is 1. The van der Waals surface area contributed by atoms with E-state index in [0.717, 1.165) is 24.1 Å². The fourth-order valence-corrected chi connectivity index (χ4v) is 2.83. The summed E-state index contributed by atoms with van der Waals surface area (Å²) in [5.41, 5.74) is 3.75. The van der Waals surface area contributed by atoms with Crippen molar-refractivity contribution in [3.05, 3.63) is 94.8 Å². The number of amides is 1. The maximum atomic E-state index is 12.3. The summed E-state index contributed by atoms with van der Waals surface area (Å²) in [5, 5.41) is 6.95. The Kier molecular flexibility index (Phi) is 6.83. The number of aromatic nitrogens is 1. The molecular formula is C22H22ClN3O. The maximum absolute atomic E-state index is 12.3. The van der Waals surface area contributed by atoms with Crippen molar-refractivity contribution in [2.24, 2.45) is 0 Å². The molecule has 0 bridgehead atoms. The standard InChI is InChI=1S/C22H22ClN3O/c23-20-10-8-18(9-11-20)14-26-21-13-19(15-24-16-21)22(27)25-12-4-7-17-5-2-1-3-6-17/h1-3,5-6,8-11,13,15-16,26H,4,7,12,14H2,(H,25,27). The van der Waals surface area contributed by atoms with Gasteiger partial charge in [0.1, 0.15) is 0 Å². The van der Waals surface area contributed by atoms with Crippen molar-refractivity contribution in [1.29, 1.82) is 0 Å². The summed E-state index contributed by atoms with van der Waals surface area (Å²) in [7, 11) is 0. The Morgan fingerprint density at radius 1 is 0.963 bits per heavy atom. The van der Waals surface area contributed by atoms with E-state index in [2.05, 4.69) is 27.8 Å². The third-order valence-corrected chi connectivity index (χ3v) is 4.43. The topological polar surface area (TPSA) is 54.0 Å². The van der Waals surface area contributed by atoms with Crippen molar-refractivity contribution in [1.82, 2.24) is 10.3 Å². The summed E-state index contributed by atoms with van der Waals surface area (Å²) >= 11 is 5.90. The van der Waals surface area contributed by atoms with E-state index in [1.165, 1.54) is 5.56 Å². The number of carbonyl (C=O) groups is 1. The molecule has 0 aliphatic carbocycles. The lowest BCUT2D eigenvalue weighted by Crippen LogP contribution is -2.25. The first-order valence-corrected chi connectivity index (χ1v) is 9.34. The number of carbonyl (C=O) groups excluding carboxylic acids is 1. The van der Waals surface area contributed by atoms with Crippen molar-refractivity contribution in [3.8, 4) is 0 Å². The van der Waals surface area contributed by atoms with E-state index in [9.17, 15) is 4.79 Å². The molecule has 0 saturated heterocycles. The SMILES string of the molecule is O=C(NCCCc1ccccc1)c1cncc(NCc2ccc(Cl)cc2)c1. The maximum Gasteiger partial charge on any atom is 0.252 e. The Labute approximate surface area is 164 Å². The summed E-state index contributed by atoms with van der Waals surface area (Å²) in [6, 6.07) is 19.7. The van der Waals surface area contributed by atoms with E-state index < -0.39 is 0 Å². The monoisotopic (exact) mass is 379 g/mol. The molecule has 0 fully saturated rings. The van der Waals surface area contributed by atoms with Crippen molar-refractivity contribution in [2.75, 3.05) is 11.9 Å². The van der Waals surface area contributed by atoms with E-state index in [1.807, 2.05) is 48.5 Å². The van der Waals surface area contributed by atoms with Gasteiger partial charge < -0.3 is 10.6 Å². The molecule has 1 heterocycles. The van der Waals surface area contributed by atoms with Crippen LogP contribution in [0.15, 0.2) is 73.1 Å². The first-order chi connectivity index (χ1) is 13.2. The number of nitrogens with zero attached hydrogens (tertiary/aromatic N) is 1.